The third kappa shape index (κ3) is 3.53. The SMILES string of the molecule is CNC(=O)CCNCc1cn(C)nn1. The van der Waals surface area contributed by atoms with Gasteiger partial charge in [-0.05, 0) is 0 Å². The lowest BCUT2D eigenvalue weighted by atomic mass is 10.4. The second-order valence-electron chi connectivity index (χ2n) is 2.98. The molecule has 1 amide bonds. The molecule has 0 unspecified atom stereocenters. The summed E-state index contributed by atoms with van der Waals surface area (Å²) in [4.78, 5) is 10.8. The van der Waals surface area contributed by atoms with E-state index in [0.717, 1.165) is 5.69 Å². The number of hydrogen-bond donors (Lipinski definition) is 2. The van der Waals surface area contributed by atoms with Gasteiger partial charge in [0.25, 0.3) is 0 Å². The lowest BCUT2D eigenvalue weighted by molar-refractivity contribution is -0.120. The second kappa shape index (κ2) is 5.33. The second-order valence-corrected chi connectivity index (χ2v) is 2.98. The first-order valence-electron chi connectivity index (χ1n) is 4.49. The van der Waals surface area contributed by atoms with Gasteiger partial charge in [0.05, 0.1) is 5.69 Å². The van der Waals surface area contributed by atoms with E-state index in [1.807, 2.05) is 13.2 Å². The van der Waals surface area contributed by atoms with Crippen LogP contribution in [0.4, 0.5) is 0 Å². The van der Waals surface area contributed by atoms with E-state index in [1.54, 1.807) is 11.7 Å². The minimum Gasteiger partial charge on any atom is -0.359 e. The van der Waals surface area contributed by atoms with Gasteiger partial charge in [0.15, 0.2) is 0 Å². The molecule has 0 bridgehead atoms. The predicted molar refractivity (Wildman–Crippen MR) is 51.4 cm³/mol. The molecule has 0 aliphatic rings. The normalized spacial score (nSPS) is 10.1. The first kappa shape index (κ1) is 10.6. The zero-order valence-electron chi connectivity index (χ0n) is 8.45. The number of aryl methyl sites for hydroxylation is 1. The largest absolute Gasteiger partial charge is 0.359 e. The molecule has 6 nitrogen and oxygen atoms in total. The summed E-state index contributed by atoms with van der Waals surface area (Å²) >= 11 is 0. The first-order valence-corrected chi connectivity index (χ1v) is 4.49. The van der Waals surface area contributed by atoms with Crippen LogP contribution in [-0.4, -0.2) is 34.5 Å². The Morgan fingerprint density at radius 2 is 2.43 bits per heavy atom. The van der Waals surface area contributed by atoms with Gasteiger partial charge in [-0.3, -0.25) is 9.48 Å². The van der Waals surface area contributed by atoms with Gasteiger partial charge in [0.2, 0.25) is 5.91 Å². The Morgan fingerprint density at radius 3 is 3.00 bits per heavy atom. The number of nitrogens with one attached hydrogen (secondary N) is 2. The average Bonchev–Trinajstić information content (AvgIpc) is 2.58. The fraction of sp³-hybridized carbons (Fsp3) is 0.625. The first-order chi connectivity index (χ1) is 6.72. The molecule has 0 aliphatic heterocycles. The molecule has 6 heteroatoms. The van der Waals surface area contributed by atoms with Crippen LogP contribution in [0.15, 0.2) is 6.20 Å². The van der Waals surface area contributed by atoms with Gasteiger partial charge in [0.1, 0.15) is 0 Å². The van der Waals surface area contributed by atoms with Crippen LogP contribution in [0, 0.1) is 0 Å². The zero-order chi connectivity index (χ0) is 10.4. The minimum absolute atomic E-state index is 0.0386. The predicted octanol–water partition coefficient (Wildman–Crippen LogP) is -0.959. The molecule has 0 aliphatic carbocycles. The zero-order valence-corrected chi connectivity index (χ0v) is 8.45. The lowest BCUT2D eigenvalue weighted by Crippen LogP contribution is -2.24. The number of aromatic nitrogens is 3. The summed E-state index contributed by atoms with van der Waals surface area (Å²) in [6.07, 6.45) is 2.32. The highest BCUT2D eigenvalue weighted by molar-refractivity contribution is 5.75. The van der Waals surface area contributed by atoms with Crippen molar-refractivity contribution in [3.8, 4) is 0 Å². The average molecular weight is 197 g/mol. The summed E-state index contributed by atoms with van der Waals surface area (Å²) in [5, 5.41) is 13.4. The van der Waals surface area contributed by atoms with Crippen LogP contribution in [0.1, 0.15) is 12.1 Å². The Kier molecular flexibility index (Phi) is 4.06. The van der Waals surface area contributed by atoms with Crippen molar-refractivity contribution in [3.05, 3.63) is 11.9 Å². The van der Waals surface area contributed by atoms with Gasteiger partial charge in [-0.25, -0.2) is 0 Å². The van der Waals surface area contributed by atoms with Crippen LogP contribution in [0.25, 0.3) is 0 Å². The summed E-state index contributed by atoms with van der Waals surface area (Å²) in [5.41, 5.74) is 0.879. The molecule has 1 aromatic heterocycles. The summed E-state index contributed by atoms with van der Waals surface area (Å²) < 4.78 is 1.65. The molecule has 0 saturated carbocycles. The maximum absolute atomic E-state index is 10.8. The highest BCUT2D eigenvalue weighted by Gasteiger charge is 1.99. The Hall–Kier alpha value is -1.43. The van der Waals surface area contributed by atoms with E-state index >= 15 is 0 Å². The van der Waals surface area contributed by atoms with E-state index in [2.05, 4.69) is 20.9 Å². The molecule has 0 spiro atoms. The van der Waals surface area contributed by atoms with Crippen molar-refractivity contribution in [2.24, 2.45) is 7.05 Å². The van der Waals surface area contributed by atoms with Gasteiger partial charge in [-0.2, -0.15) is 0 Å². The van der Waals surface area contributed by atoms with Crippen LogP contribution in [0.5, 0.6) is 0 Å². The molecule has 0 fully saturated rings. The molecule has 1 rings (SSSR count). The fourth-order valence-electron chi connectivity index (χ4n) is 1.02. The third-order valence-electron chi connectivity index (χ3n) is 1.76. The van der Waals surface area contributed by atoms with Crippen LogP contribution in [0.3, 0.4) is 0 Å². The van der Waals surface area contributed by atoms with Crippen molar-refractivity contribution in [2.45, 2.75) is 13.0 Å². The highest BCUT2D eigenvalue weighted by Crippen LogP contribution is 1.89. The van der Waals surface area contributed by atoms with Crippen LogP contribution >= 0.6 is 0 Å². The van der Waals surface area contributed by atoms with E-state index in [4.69, 9.17) is 0 Å². The maximum Gasteiger partial charge on any atom is 0.221 e. The van der Waals surface area contributed by atoms with Crippen molar-refractivity contribution < 1.29 is 4.79 Å². The van der Waals surface area contributed by atoms with Gasteiger partial charge in [-0.1, -0.05) is 5.21 Å². The number of nitrogens with zero attached hydrogens (tertiary/aromatic N) is 3. The lowest BCUT2D eigenvalue weighted by Gasteiger charge is -2.00. The molecule has 0 radical (unpaired) electrons. The van der Waals surface area contributed by atoms with Crippen LogP contribution in [0.2, 0.25) is 0 Å². The Labute approximate surface area is 82.7 Å². The van der Waals surface area contributed by atoms with E-state index in [0.29, 0.717) is 19.5 Å². The topological polar surface area (TPSA) is 71.8 Å². The molecule has 2 N–H and O–H groups in total. The van der Waals surface area contributed by atoms with Crippen molar-refractivity contribution in [2.75, 3.05) is 13.6 Å². The number of hydrogen-bond acceptors (Lipinski definition) is 4. The molecule has 0 atom stereocenters. The summed E-state index contributed by atoms with van der Waals surface area (Å²) in [7, 11) is 3.45. The van der Waals surface area contributed by atoms with Gasteiger partial charge >= 0.3 is 0 Å². The summed E-state index contributed by atoms with van der Waals surface area (Å²) in [6, 6.07) is 0. The van der Waals surface area contributed by atoms with Gasteiger partial charge < -0.3 is 10.6 Å². The quantitative estimate of drug-likeness (QED) is 0.596. The van der Waals surface area contributed by atoms with Crippen molar-refractivity contribution in [3.63, 3.8) is 0 Å². The molecular weight excluding hydrogens is 182 g/mol. The Morgan fingerprint density at radius 1 is 1.64 bits per heavy atom. The monoisotopic (exact) mass is 197 g/mol. The van der Waals surface area contributed by atoms with E-state index in [1.165, 1.54) is 0 Å². The highest BCUT2D eigenvalue weighted by atomic mass is 16.1. The fourth-order valence-corrected chi connectivity index (χ4v) is 1.02. The molecule has 1 heterocycles. The smallest absolute Gasteiger partial charge is 0.221 e. The number of carbonyl (C=O) groups excluding carboxylic acids is 1. The molecule has 0 aromatic carbocycles. The third-order valence-corrected chi connectivity index (χ3v) is 1.76. The Balaban J connectivity index is 2.13. The maximum atomic E-state index is 10.8. The summed E-state index contributed by atoms with van der Waals surface area (Å²) in [5.74, 6) is 0.0386. The van der Waals surface area contributed by atoms with Gasteiger partial charge in [-0.15, -0.1) is 5.10 Å². The minimum atomic E-state index is 0.0386. The molecule has 1 aromatic rings. The van der Waals surface area contributed by atoms with Crippen molar-refractivity contribution >= 4 is 5.91 Å². The number of rotatable bonds is 5. The van der Waals surface area contributed by atoms with Crippen molar-refractivity contribution in [1.29, 1.82) is 0 Å². The molecule has 0 saturated heterocycles. The Bertz CT molecular complexity index is 296. The standard InChI is InChI=1S/C8H15N5O/c1-9-8(14)3-4-10-5-7-6-13(2)12-11-7/h6,10H,3-5H2,1-2H3,(H,9,14). The van der Waals surface area contributed by atoms with E-state index < -0.39 is 0 Å². The van der Waals surface area contributed by atoms with E-state index in [-0.39, 0.29) is 5.91 Å². The summed E-state index contributed by atoms with van der Waals surface area (Å²) in [6.45, 7) is 1.29. The van der Waals surface area contributed by atoms with Gasteiger partial charge in [0, 0.05) is 39.8 Å². The molecule has 14 heavy (non-hydrogen) atoms. The molecular formula is C8H15N5O. The number of carbonyl (C=O) groups is 1. The molecule has 78 valence electrons. The van der Waals surface area contributed by atoms with Crippen molar-refractivity contribution in [1.82, 2.24) is 25.6 Å². The van der Waals surface area contributed by atoms with E-state index in [9.17, 15) is 4.79 Å². The number of amides is 1. The van der Waals surface area contributed by atoms with Crippen LogP contribution in [-0.2, 0) is 18.4 Å². The van der Waals surface area contributed by atoms with Crippen LogP contribution < -0.4 is 10.6 Å².